The monoisotopic (exact) mass is 393 g/mol. The van der Waals surface area contributed by atoms with Crippen molar-refractivity contribution in [1.82, 2.24) is 15.3 Å². The first-order valence-corrected chi connectivity index (χ1v) is 10.3. The Morgan fingerprint density at radius 2 is 1.66 bits per heavy atom. The van der Waals surface area contributed by atoms with Gasteiger partial charge in [-0.15, -0.1) is 0 Å². The summed E-state index contributed by atoms with van der Waals surface area (Å²) in [6, 6.07) is 14.3. The highest BCUT2D eigenvalue weighted by Crippen LogP contribution is 2.22. The van der Waals surface area contributed by atoms with Crippen molar-refractivity contribution in [2.45, 2.75) is 52.0 Å². The fourth-order valence-electron chi connectivity index (χ4n) is 3.20. The van der Waals surface area contributed by atoms with Gasteiger partial charge in [0.1, 0.15) is 11.6 Å². The van der Waals surface area contributed by atoms with Crippen molar-refractivity contribution in [2.75, 3.05) is 0 Å². The highest BCUT2D eigenvalue weighted by Gasteiger charge is 2.07. The molecule has 0 fully saturated rings. The first-order valence-electron chi connectivity index (χ1n) is 10.3. The molecule has 0 atom stereocenters. The number of carbonyl (C=O) groups excluding carboxylic acids is 1. The second kappa shape index (κ2) is 10.6. The lowest BCUT2D eigenvalue weighted by atomic mass is 10.1. The lowest BCUT2D eigenvalue weighted by molar-refractivity contribution is -0.121. The first-order chi connectivity index (χ1) is 14.2. The minimum absolute atomic E-state index is 0.112. The van der Waals surface area contributed by atoms with E-state index < -0.39 is 0 Å². The highest BCUT2D eigenvalue weighted by molar-refractivity contribution is 5.75. The molecule has 1 amide bonds. The number of aromatic nitrogens is 2. The number of rotatable bonds is 10. The van der Waals surface area contributed by atoms with Gasteiger partial charge in [0.25, 0.3) is 0 Å². The number of carbonyl (C=O) groups is 1. The Bertz CT molecular complexity index is 901. The maximum atomic E-state index is 13.1. The van der Waals surface area contributed by atoms with E-state index in [0.29, 0.717) is 13.0 Å². The molecule has 0 bridgehead atoms. The number of hydrogen-bond donors (Lipinski definition) is 2. The predicted molar refractivity (Wildman–Crippen MR) is 115 cm³/mol. The minimum Gasteiger partial charge on any atom is -0.352 e. The second-order valence-electron chi connectivity index (χ2n) is 7.29. The number of benzene rings is 2. The highest BCUT2D eigenvalue weighted by atomic mass is 19.1. The summed E-state index contributed by atoms with van der Waals surface area (Å²) in [4.78, 5) is 19.6. The molecule has 0 saturated carbocycles. The van der Waals surface area contributed by atoms with Crippen LogP contribution in [0.2, 0.25) is 0 Å². The predicted octanol–water partition coefficient (Wildman–Crippen LogP) is 5.86. The number of unbranched alkanes of at least 4 members (excludes halogenated alkanes) is 4. The van der Waals surface area contributed by atoms with Gasteiger partial charge in [-0.25, -0.2) is 9.37 Å². The smallest absolute Gasteiger partial charge is 0.220 e. The van der Waals surface area contributed by atoms with Crippen LogP contribution in [0.25, 0.3) is 22.6 Å². The van der Waals surface area contributed by atoms with Crippen LogP contribution in [0.4, 0.5) is 4.39 Å². The van der Waals surface area contributed by atoms with E-state index in [1.54, 1.807) is 18.3 Å². The van der Waals surface area contributed by atoms with Gasteiger partial charge >= 0.3 is 0 Å². The van der Waals surface area contributed by atoms with Gasteiger partial charge in [0.05, 0.1) is 11.9 Å². The van der Waals surface area contributed by atoms with Crippen molar-refractivity contribution in [1.29, 1.82) is 0 Å². The van der Waals surface area contributed by atoms with E-state index in [9.17, 15) is 9.18 Å². The summed E-state index contributed by atoms with van der Waals surface area (Å²) in [5, 5.41) is 2.99. The topological polar surface area (TPSA) is 57.8 Å². The van der Waals surface area contributed by atoms with Crippen molar-refractivity contribution < 1.29 is 9.18 Å². The molecule has 29 heavy (non-hydrogen) atoms. The third-order valence-corrected chi connectivity index (χ3v) is 4.96. The molecule has 0 aliphatic carbocycles. The Kier molecular flexibility index (Phi) is 7.56. The number of halogens is 1. The number of imidazole rings is 1. The van der Waals surface area contributed by atoms with Crippen molar-refractivity contribution in [3.8, 4) is 22.6 Å². The number of nitrogens with zero attached hydrogens (tertiary/aromatic N) is 1. The van der Waals surface area contributed by atoms with E-state index >= 15 is 0 Å². The molecular weight excluding hydrogens is 365 g/mol. The summed E-state index contributed by atoms with van der Waals surface area (Å²) in [5.74, 6) is 0.611. The van der Waals surface area contributed by atoms with Crippen molar-refractivity contribution >= 4 is 5.91 Å². The Morgan fingerprint density at radius 3 is 2.38 bits per heavy atom. The van der Waals surface area contributed by atoms with Gasteiger partial charge in [-0.05, 0) is 41.8 Å². The quantitative estimate of drug-likeness (QED) is 0.424. The van der Waals surface area contributed by atoms with E-state index in [1.807, 2.05) is 24.3 Å². The minimum atomic E-state index is -0.257. The molecule has 0 aliphatic heterocycles. The van der Waals surface area contributed by atoms with E-state index in [4.69, 9.17) is 0 Å². The molecule has 2 aromatic carbocycles. The largest absolute Gasteiger partial charge is 0.352 e. The van der Waals surface area contributed by atoms with Crippen molar-refractivity contribution in [3.63, 3.8) is 0 Å². The summed E-state index contributed by atoms with van der Waals surface area (Å²) in [6.45, 7) is 2.72. The SMILES string of the molecule is CCCCCCCC(=O)NCc1ccc(-c2ncc(-c3ccc(F)cc3)[nH]2)cc1. The van der Waals surface area contributed by atoms with E-state index in [1.165, 1.54) is 31.4 Å². The third kappa shape index (κ3) is 6.28. The number of aromatic amines is 1. The number of amides is 1. The molecule has 0 spiro atoms. The van der Waals surface area contributed by atoms with Crippen LogP contribution in [-0.2, 0) is 11.3 Å². The van der Waals surface area contributed by atoms with Crippen LogP contribution in [0.15, 0.2) is 54.7 Å². The first kappa shape index (κ1) is 20.8. The molecular formula is C24H28FN3O. The molecule has 3 rings (SSSR count). The molecule has 0 unspecified atom stereocenters. The Labute approximate surface area is 171 Å². The molecule has 0 aliphatic rings. The van der Waals surface area contributed by atoms with Crippen LogP contribution in [0.3, 0.4) is 0 Å². The van der Waals surface area contributed by atoms with E-state index in [-0.39, 0.29) is 11.7 Å². The van der Waals surface area contributed by atoms with Gasteiger partial charge in [0.15, 0.2) is 0 Å². The lowest BCUT2D eigenvalue weighted by Gasteiger charge is -2.06. The molecule has 1 heterocycles. The maximum absolute atomic E-state index is 13.1. The third-order valence-electron chi connectivity index (χ3n) is 4.96. The van der Waals surface area contributed by atoms with E-state index in [2.05, 4.69) is 22.2 Å². The molecule has 2 N–H and O–H groups in total. The number of hydrogen-bond acceptors (Lipinski definition) is 2. The average molecular weight is 394 g/mol. The van der Waals surface area contributed by atoms with Gasteiger partial charge in [-0.2, -0.15) is 0 Å². The standard InChI is InChI=1S/C24H28FN3O/c1-2-3-4-5-6-7-23(29)26-16-18-8-10-20(11-9-18)24-27-17-22(28-24)19-12-14-21(25)15-13-19/h8-15,17H,2-7,16H2,1H3,(H,26,29)(H,27,28). The van der Waals surface area contributed by atoms with Crippen LogP contribution < -0.4 is 5.32 Å². The Morgan fingerprint density at radius 1 is 0.966 bits per heavy atom. The molecule has 0 saturated heterocycles. The lowest BCUT2D eigenvalue weighted by Crippen LogP contribution is -2.22. The van der Waals surface area contributed by atoms with Gasteiger partial charge < -0.3 is 10.3 Å². The summed E-state index contributed by atoms with van der Waals surface area (Å²) in [5.41, 5.74) is 3.75. The van der Waals surface area contributed by atoms with Gasteiger partial charge in [0.2, 0.25) is 5.91 Å². The van der Waals surface area contributed by atoms with Crippen molar-refractivity contribution in [3.05, 3.63) is 66.1 Å². The van der Waals surface area contributed by atoms with Gasteiger partial charge in [0, 0.05) is 18.5 Å². The summed E-state index contributed by atoms with van der Waals surface area (Å²) >= 11 is 0. The summed E-state index contributed by atoms with van der Waals surface area (Å²) in [6.07, 6.45) is 8.10. The Hall–Kier alpha value is -2.95. The van der Waals surface area contributed by atoms with Crippen LogP contribution in [0.1, 0.15) is 51.0 Å². The molecule has 0 radical (unpaired) electrons. The fraction of sp³-hybridized carbons (Fsp3) is 0.333. The van der Waals surface area contributed by atoms with Crippen LogP contribution in [0.5, 0.6) is 0 Å². The summed E-state index contributed by atoms with van der Waals surface area (Å²) < 4.78 is 13.1. The fourth-order valence-corrected chi connectivity index (χ4v) is 3.20. The second-order valence-corrected chi connectivity index (χ2v) is 7.29. The van der Waals surface area contributed by atoms with E-state index in [0.717, 1.165) is 41.1 Å². The zero-order chi connectivity index (χ0) is 20.5. The van der Waals surface area contributed by atoms with Crippen molar-refractivity contribution in [2.24, 2.45) is 0 Å². The zero-order valence-electron chi connectivity index (χ0n) is 16.9. The van der Waals surface area contributed by atoms with Gasteiger partial charge in [-0.3, -0.25) is 4.79 Å². The molecule has 152 valence electrons. The zero-order valence-corrected chi connectivity index (χ0v) is 16.9. The van der Waals surface area contributed by atoms with Gasteiger partial charge in [-0.1, -0.05) is 56.9 Å². The van der Waals surface area contributed by atoms with Crippen LogP contribution in [-0.4, -0.2) is 15.9 Å². The van der Waals surface area contributed by atoms with Crippen LogP contribution in [0, 0.1) is 5.82 Å². The molecule has 4 nitrogen and oxygen atoms in total. The summed E-state index contributed by atoms with van der Waals surface area (Å²) in [7, 11) is 0. The Balaban J connectivity index is 1.50. The van der Waals surface area contributed by atoms with Crippen LogP contribution >= 0.6 is 0 Å². The molecule has 1 aromatic heterocycles. The average Bonchev–Trinajstić information content (AvgIpc) is 3.23. The molecule has 3 aromatic rings. The maximum Gasteiger partial charge on any atom is 0.220 e. The normalized spacial score (nSPS) is 10.8. The number of nitrogens with one attached hydrogen (secondary N) is 2. The molecule has 5 heteroatoms. The number of H-pyrrole nitrogens is 1.